The minimum atomic E-state index is -0.740. The normalized spacial score (nSPS) is 19.4. The minimum absolute atomic E-state index is 0.0108. The molecule has 45 heavy (non-hydrogen) atoms. The lowest BCUT2D eigenvalue weighted by molar-refractivity contribution is 0.0516. The summed E-state index contributed by atoms with van der Waals surface area (Å²) in [5.74, 6) is 1.31. The third-order valence-corrected chi connectivity index (χ3v) is 7.64. The lowest BCUT2D eigenvalue weighted by Gasteiger charge is -2.25. The van der Waals surface area contributed by atoms with Crippen molar-refractivity contribution in [2.75, 3.05) is 29.9 Å². The van der Waals surface area contributed by atoms with Gasteiger partial charge < -0.3 is 29.4 Å². The van der Waals surface area contributed by atoms with Crippen molar-refractivity contribution in [2.24, 2.45) is 11.8 Å². The van der Waals surface area contributed by atoms with E-state index in [9.17, 15) is 9.59 Å². The first-order valence-electron chi connectivity index (χ1n) is 14.8. The standard InChI is InChI=1S/C31H37FN8O5/c1-15-33-11-17(12-34-15)43-27-37-25-22(18-9-16(32)10-21(24(18)35-25)39(8)29(42)45-31(5,6)7)26(38-27)40-13-19-20(14-40)23(19)36-28(41)44-30(2,3)4/h9-12,19-20,23H,13-14H2,1-8H3,(H,36,41)(H,35,37,38)/t19-,20+,23?. The van der Waals surface area contributed by atoms with Crippen molar-refractivity contribution >= 4 is 45.6 Å². The molecule has 1 aromatic carbocycles. The number of carbonyl (C=O) groups excluding carboxylic acids is 2. The van der Waals surface area contributed by atoms with Gasteiger partial charge in [0, 0.05) is 43.4 Å². The van der Waals surface area contributed by atoms with Gasteiger partial charge in [-0.05, 0) is 60.6 Å². The first-order valence-corrected chi connectivity index (χ1v) is 14.8. The van der Waals surface area contributed by atoms with Gasteiger partial charge in [0.25, 0.3) is 0 Å². The predicted molar refractivity (Wildman–Crippen MR) is 165 cm³/mol. The number of aryl methyl sites for hydroxylation is 1. The SMILES string of the molecule is Cc1ncc(Oc2nc(N3C[C@@H]4C(NC(=O)OC(C)(C)C)[C@@H]4C3)c3c(n2)[nH]c2c(N(C)C(=O)OC(C)(C)C)cc(F)cc23)cn1. The summed E-state index contributed by atoms with van der Waals surface area (Å²) in [6.07, 6.45) is 1.98. The highest BCUT2D eigenvalue weighted by Crippen LogP contribution is 2.48. The number of carbonyl (C=O) groups is 2. The van der Waals surface area contributed by atoms with E-state index in [4.69, 9.17) is 19.2 Å². The van der Waals surface area contributed by atoms with E-state index in [1.54, 1.807) is 27.7 Å². The molecule has 1 unspecified atom stereocenters. The van der Waals surface area contributed by atoms with E-state index in [1.807, 2.05) is 20.8 Å². The van der Waals surface area contributed by atoms with Gasteiger partial charge in [-0.25, -0.2) is 23.9 Å². The van der Waals surface area contributed by atoms with Crippen LogP contribution in [0.5, 0.6) is 11.8 Å². The van der Waals surface area contributed by atoms with Crippen LogP contribution in [0.15, 0.2) is 24.5 Å². The molecule has 4 aromatic rings. The molecule has 1 saturated heterocycles. The smallest absolute Gasteiger partial charge is 0.414 e. The Morgan fingerprint density at radius 2 is 1.67 bits per heavy atom. The third-order valence-electron chi connectivity index (χ3n) is 7.64. The first kappa shape index (κ1) is 30.3. The summed E-state index contributed by atoms with van der Waals surface area (Å²) in [5.41, 5.74) is -0.169. The molecule has 0 bridgehead atoms. The maximum atomic E-state index is 15.2. The van der Waals surface area contributed by atoms with Crippen molar-refractivity contribution in [1.29, 1.82) is 0 Å². The monoisotopic (exact) mass is 620 g/mol. The zero-order valence-corrected chi connectivity index (χ0v) is 26.6. The van der Waals surface area contributed by atoms with E-state index < -0.39 is 29.2 Å². The number of nitrogens with one attached hydrogen (secondary N) is 2. The van der Waals surface area contributed by atoms with Crippen LogP contribution in [0.4, 0.5) is 25.5 Å². The summed E-state index contributed by atoms with van der Waals surface area (Å²) in [5, 5.41) is 4.06. The third kappa shape index (κ3) is 6.26. The topological polar surface area (TPSA) is 148 Å². The van der Waals surface area contributed by atoms with Crippen LogP contribution in [-0.4, -0.2) is 74.5 Å². The number of nitrogens with zero attached hydrogens (tertiary/aromatic N) is 6. The van der Waals surface area contributed by atoms with Gasteiger partial charge in [-0.15, -0.1) is 0 Å². The molecule has 2 aliphatic rings. The average molecular weight is 621 g/mol. The highest BCUT2D eigenvalue weighted by Gasteiger charge is 2.57. The Morgan fingerprint density at radius 1 is 1.02 bits per heavy atom. The molecule has 2 fully saturated rings. The second-order valence-corrected chi connectivity index (χ2v) is 13.5. The first-order chi connectivity index (χ1) is 21.1. The van der Waals surface area contributed by atoms with Crippen LogP contribution < -0.4 is 19.9 Å². The molecule has 14 heteroatoms. The number of anilines is 2. The zero-order valence-electron chi connectivity index (χ0n) is 26.6. The van der Waals surface area contributed by atoms with Crippen LogP contribution in [0.1, 0.15) is 47.4 Å². The van der Waals surface area contributed by atoms with Crippen LogP contribution >= 0.6 is 0 Å². The molecule has 3 atom stereocenters. The average Bonchev–Trinajstić information content (AvgIpc) is 3.23. The summed E-state index contributed by atoms with van der Waals surface area (Å²) >= 11 is 0. The Bertz CT molecular complexity index is 1780. The maximum Gasteiger partial charge on any atom is 0.414 e. The number of aromatic amines is 1. The Balaban J connectivity index is 1.38. The second kappa shape index (κ2) is 10.7. The molecule has 2 amide bonds. The second-order valence-electron chi connectivity index (χ2n) is 13.5. The molecule has 238 valence electrons. The summed E-state index contributed by atoms with van der Waals surface area (Å²) in [4.78, 5) is 49.7. The molecule has 1 aliphatic heterocycles. The fourth-order valence-corrected chi connectivity index (χ4v) is 5.67. The van der Waals surface area contributed by atoms with Crippen LogP contribution in [0.25, 0.3) is 21.9 Å². The molecule has 13 nitrogen and oxygen atoms in total. The van der Waals surface area contributed by atoms with Crippen molar-refractivity contribution in [3.63, 3.8) is 0 Å². The van der Waals surface area contributed by atoms with E-state index in [2.05, 4.69) is 30.2 Å². The number of rotatable bonds is 5. The number of alkyl carbamates (subject to hydrolysis) is 1. The van der Waals surface area contributed by atoms with Crippen molar-refractivity contribution in [2.45, 2.75) is 65.7 Å². The highest BCUT2D eigenvalue weighted by molar-refractivity contribution is 6.16. The fraction of sp³-hybridized carbons (Fsp3) is 0.484. The Labute approximate surface area is 259 Å². The molecule has 0 radical (unpaired) electrons. The summed E-state index contributed by atoms with van der Waals surface area (Å²) in [6.45, 7) is 13.7. The van der Waals surface area contributed by atoms with E-state index in [0.29, 0.717) is 52.4 Å². The van der Waals surface area contributed by atoms with Crippen molar-refractivity contribution in [3.05, 3.63) is 36.2 Å². The van der Waals surface area contributed by atoms with Gasteiger partial charge in [0.1, 0.15) is 34.3 Å². The number of benzene rings is 1. The molecular weight excluding hydrogens is 583 g/mol. The molecular formula is C31H37FN8O5. The number of halogens is 1. The number of fused-ring (bicyclic) bond motifs is 4. The van der Waals surface area contributed by atoms with E-state index in [0.717, 1.165) is 0 Å². The Kier molecular flexibility index (Phi) is 7.20. The quantitative estimate of drug-likeness (QED) is 0.294. The molecule has 6 rings (SSSR count). The van der Waals surface area contributed by atoms with E-state index >= 15 is 4.39 Å². The predicted octanol–water partition coefficient (Wildman–Crippen LogP) is 5.47. The number of aromatic nitrogens is 5. The number of ether oxygens (including phenoxy) is 3. The largest absolute Gasteiger partial charge is 0.444 e. The van der Waals surface area contributed by atoms with Gasteiger partial charge in [0.2, 0.25) is 0 Å². The van der Waals surface area contributed by atoms with E-state index in [-0.39, 0.29) is 29.6 Å². The van der Waals surface area contributed by atoms with Gasteiger partial charge in [0.05, 0.1) is 29.0 Å². The van der Waals surface area contributed by atoms with Crippen LogP contribution in [0, 0.1) is 24.6 Å². The molecule has 1 aliphatic carbocycles. The van der Waals surface area contributed by atoms with Crippen molar-refractivity contribution in [3.8, 4) is 11.8 Å². The molecule has 3 aromatic heterocycles. The minimum Gasteiger partial charge on any atom is -0.444 e. The summed E-state index contributed by atoms with van der Waals surface area (Å²) in [6, 6.07) is 2.70. The number of hydrogen-bond acceptors (Lipinski definition) is 10. The summed E-state index contributed by atoms with van der Waals surface area (Å²) < 4.78 is 32.1. The molecule has 1 saturated carbocycles. The van der Waals surface area contributed by atoms with Gasteiger partial charge in [-0.3, -0.25) is 4.90 Å². The number of H-pyrrole nitrogens is 1. The Hall–Kier alpha value is -4.75. The number of piperidine rings is 1. The molecule has 2 N–H and O–H groups in total. The lowest BCUT2D eigenvalue weighted by Crippen LogP contribution is -2.38. The van der Waals surface area contributed by atoms with Gasteiger partial charge >= 0.3 is 18.2 Å². The highest BCUT2D eigenvalue weighted by atomic mass is 19.1. The van der Waals surface area contributed by atoms with Gasteiger partial charge in [-0.2, -0.15) is 9.97 Å². The number of amides is 2. The fourth-order valence-electron chi connectivity index (χ4n) is 5.67. The van der Waals surface area contributed by atoms with Gasteiger partial charge in [0.15, 0.2) is 5.75 Å². The molecule has 0 spiro atoms. The van der Waals surface area contributed by atoms with E-state index in [1.165, 1.54) is 36.5 Å². The maximum absolute atomic E-state index is 15.2. The van der Waals surface area contributed by atoms with Crippen LogP contribution in [-0.2, 0) is 9.47 Å². The Morgan fingerprint density at radius 3 is 2.29 bits per heavy atom. The van der Waals surface area contributed by atoms with Crippen molar-refractivity contribution < 1.29 is 28.2 Å². The summed E-state index contributed by atoms with van der Waals surface area (Å²) in [7, 11) is 1.53. The lowest BCUT2D eigenvalue weighted by atomic mass is 10.1. The zero-order chi connectivity index (χ0) is 32.4. The molecule has 4 heterocycles. The van der Waals surface area contributed by atoms with Crippen LogP contribution in [0.2, 0.25) is 0 Å². The number of hydrogen-bond donors (Lipinski definition) is 2. The van der Waals surface area contributed by atoms with Gasteiger partial charge in [-0.1, -0.05) is 0 Å². The van der Waals surface area contributed by atoms with Crippen LogP contribution in [0.3, 0.4) is 0 Å². The van der Waals surface area contributed by atoms with Crippen molar-refractivity contribution in [1.82, 2.24) is 30.2 Å².